The smallest absolute Gasteiger partial charge is 0.211 e. The molecule has 1 spiro atoms. The van der Waals surface area contributed by atoms with Crippen molar-refractivity contribution in [3.05, 3.63) is 65.4 Å². The number of nitrogens with one attached hydrogen (secondary N) is 1. The largest absolute Gasteiger partial charge is 0.497 e. The third kappa shape index (κ3) is 3.34. The number of hydrogen-bond donors (Lipinski definition) is 2. The minimum atomic E-state index is -3.25. The number of aromatic nitrogens is 1. The van der Waals surface area contributed by atoms with Gasteiger partial charge in [0.1, 0.15) is 5.75 Å². The fourth-order valence-corrected chi connectivity index (χ4v) is 6.18. The lowest BCUT2D eigenvalue weighted by atomic mass is 9.70. The van der Waals surface area contributed by atoms with E-state index in [1.807, 2.05) is 36.4 Å². The van der Waals surface area contributed by atoms with E-state index in [0.29, 0.717) is 26.2 Å². The molecule has 1 fully saturated rings. The number of nitrogens with zero attached hydrogens (tertiary/aromatic N) is 2. The first-order valence-electron chi connectivity index (χ1n) is 10.4. The Morgan fingerprint density at radius 2 is 1.90 bits per heavy atom. The minimum absolute atomic E-state index is 0.0182. The van der Waals surface area contributed by atoms with E-state index in [1.54, 1.807) is 11.4 Å². The molecule has 0 amide bonds. The number of aromatic amines is 1. The van der Waals surface area contributed by atoms with Crippen LogP contribution in [-0.4, -0.2) is 67.3 Å². The van der Waals surface area contributed by atoms with Crippen molar-refractivity contribution in [2.24, 2.45) is 0 Å². The van der Waals surface area contributed by atoms with Crippen molar-refractivity contribution in [2.45, 2.75) is 18.0 Å². The number of methoxy groups -OCH3 is 1. The summed E-state index contributed by atoms with van der Waals surface area (Å²) in [5.74, 6) is 0.758. The Kier molecular flexibility index (Phi) is 4.86. The number of ether oxygens (including phenoxy) is 1. The highest BCUT2D eigenvalue weighted by Gasteiger charge is 2.54. The first kappa shape index (κ1) is 20.5. The zero-order valence-corrected chi connectivity index (χ0v) is 18.5. The highest BCUT2D eigenvalue weighted by Crippen LogP contribution is 2.49. The van der Waals surface area contributed by atoms with E-state index < -0.39 is 10.0 Å². The molecule has 31 heavy (non-hydrogen) atoms. The van der Waals surface area contributed by atoms with Gasteiger partial charge in [-0.2, -0.15) is 0 Å². The highest BCUT2D eigenvalue weighted by atomic mass is 32.2. The van der Waals surface area contributed by atoms with Crippen molar-refractivity contribution in [3.8, 4) is 5.75 Å². The molecule has 2 N–H and O–H groups in total. The Bertz CT molecular complexity index is 1220. The number of hydrogen-bond acceptors (Lipinski definition) is 5. The number of benzene rings is 2. The summed E-state index contributed by atoms with van der Waals surface area (Å²) < 4.78 is 31.3. The van der Waals surface area contributed by atoms with Gasteiger partial charge in [0.25, 0.3) is 0 Å². The van der Waals surface area contributed by atoms with Gasteiger partial charge in [0.05, 0.1) is 26.0 Å². The van der Waals surface area contributed by atoms with Gasteiger partial charge in [-0.25, -0.2) is 12.7 Å². The molecule has 2 aliphatic rings. The number of H-pyrrole nitrogens is 1. The predicted octanol–water partition coefficient (Wildman–Crippen LogP) is 2.24. The summed E-state index contributed by atoms with van der Waals surface area (Å²) in [7, 11) is -1.61. The molecule has 0 saturated carbocycles. The maximum absolute atomic E-state index is 12.2. The lowest BCUT2D eigenvalue weighted by molar-refractivity contribution is 0.0260. The van der Waals surface area contributed by atoms with E-state index in [2.05, 4.69) is 22.0 Å². The third-order valence-electron chi connectivity index (χ3n) is 6.67. The molecule has 3 heterocycles. The van der Waals surface area contributed by atoms with Crippen LogP contribution in [0.4, 0.5) is 0 Å². The highest BCUT2D eigenvalue weighted by molar-refractivity contribution is 7.88. The fraction of sp³-hybridized carbons (Fsp3) is 0.391. The van der Waals surface area contributed by atoms with Crippen molar-refractivity contribution >= 4 is 20.9 Å². The van der Waals surface area contributed by atoms with Crippen LogP contribution in [0.2, 0.25) is 0 Å². The van der Waals surface area contributed by atoms with Crippen LogP contribution in [0.25, 0.3) is 10.9 Å². The predicted molar refractivity (Wildman–Crippen MR) is 120 cm³/mol. The van der Waals surface area contributed by atoms with Crippen LogP contribution in [0.5, 0.6) is 5.75 Å². The van der Waals surface area contributed by atoms with E-state index in [-0.39, 0.29) is 18.1 Å². The maximum Gasteiger partial charge on any atom is 0.211 e. The molecule has 0 unspecified atom stereocenters. The number of aliphatic hydroxyl groups is 1. The number of aliphatic hydroxyl groups excluding tert-OH is 1. The molecule has 0 radical (unpaired) electrons. The molecule has 0 aliphatic carbocycles. The first-order chi connectivity index (χ1) is 14.8. The summed E-state index contributed by atoms with van der Waals surface area (Å²) in [6.07, 6.45) is 1.27. The van der Waals surface area contributed by atoms with Gasteiger partial charge in [0.2, 0.25) is 10.0 Å². The molecule has 1 saturated heterocycles. The van der Waals surface area contributed by atoms with Crippen LogP contribution in [0.1, 0.15) is 22.9 Å². The molecule has 7 nitrogen and oxygen atoms in total. The van der Waals surface area contributed by atoms with Crippen molar-refractivity contribution in [1.29, 1.82) is 0 Å². The fourth-order valence-electron chi connectivity index (χ4n) is 5.22. The zero-order valence-electron chi connectivity index (χ0n) is 17.7. The Morgan fingerprint density at radius 1 is 1.16 bits per heavy atom. The lowest BCUT2D eigenvalue weighted by Gasteiger charge is -2.55. The third-order valence-corrected chi connectivity index (χ3v) is 7.87. The molecule has 164 valence electrons. The van der Waals surface area contributed by atoms with Gasteiger partial charge < -0.3 is 14.8 Å². The van der Waals surface area contributed by atoms with Gasteiger partial charge in [0.15, 0.2) is 0 Å². The van der Waals surface area contributed by atoms with E-state index in [9.17, 15) is 13.5 Å². The van der Waals surface area contributed by atoms with E-state index >= 15 is 0 Å². The standard InChI is InChI=1S/C23H27N3O4S/c1-30-17-8-9-18-19(10-17)24-22-20(12-27)25(11-16-6-4-3-5-7-16)13-23(21(18)22)14-26(15-23)31(2,28)29/h3-10,20,24,27H,11-15H2,1-2H3/t20-/m0/s1. The number of rotatable bonds is 5. The second kappa shape index (κ2) is 7.34. The van der Waals surface area contributed by atoms with Gasteiger partial charge in [-0.05, 0) is 23.3 Å². The average Bonchev–Trinajstić information content (AvgIpc) is 3.10. The normalized spacial score (nSPS) is 21.2. The molecular formula is C23H27N3O4S. The van der Waals surface area contributed by atoms with E-state index in [0.717, 1.165) is 33.5 Å². The molecule has 5 rings (SSSR count). The summed E-state index contributed by atoms with van der Waals surface area (Å²) in [5.41, 5.74) is 3.90. The van der Waals surface area contributed by atoms with Gasteiger partial charge in [-0.15, -0.1) is 0 Å². The van der Waals surface area contributed by atoms with Gasteiger partial charge >= 0.3 is 0 Å². The first-order valence-corrected chi connectivity index (χ1v) is 12.2. The molecule has 2 aliphatic heterocycles. The Morgan fingerprint density at radius 3 is 2.55 bits per heavy atom. The number of fused-ring (bicyclic) bond motifs is 4. The molecule has 2 aromatic carbocycles. The molecular weight excluding hydrogens is 414 g/mol. The van der Waals surface area contributed by atoms with Crippen LogP contribution in [0.15, 0.2) is 48.5 Å². The Labute approximate surface area is 182 Å². The maximum atomic E-state index is 12.2. The second-order valence-electron chi connectivity index (χ2n) is 8.73. The Hall–Kier alpha value is -2.39. The van der Waals surface area contributed by atoms with Crippen LogP contribution >= 0.6 is 0 Å². The molecule has 8 heteroatoms. The summed E-state index contributed by atoms with van der Waals surface area (Å²) in [6.45, 7) is 2.24. The average molecular weight is 442 g/mol. The summed E-state index contributed by atoms with van der Waals surface area (Å²) in [4.78, 5) is 5.80. The minimum Gasteiger partial charge on any atom is -0.497 e. The van der Waals surface area contributed by atoms with E-state index in [1.165, 1.54) is 6.26 Å². The second-order valence-corrected chi connectivity index (χ2v) is 10.7. The zero-order chi connectivity index (χ0) is 21.8. The summed E-state index contributed by atoms with van der Waals surface area (Å²) in [5, 5.41) is 11.4. The quantitative estimate of drug-likeness (QED) is 0.634. The molecule has 1 atom stereocenters. The van der Waals surface area contributed by atoms with Crippen LogP contribution in [-0.2, 0) is 22.0 Å². The van der Waals surface area contributed by atoms with Crippen LogP contribution in [0.3, 0.4) is 0 Å². The van der Waals surface area contributed by atoms with Gasteiger partial charge in [-0.3, -0.25) is 4.90 Å². The van der Waals surface area contributed by atoms with Crippen molar-refractivity contribution in [1.82, 2.24) is 14.2 Å². The van der Waals surface area contributed by atoms with Crippen molar-refractivity contribution in [2.75, 3.05) is 39.6 Å². The summed E-state index contributed by atoms with van der Waals surface area (Å²) in [6, 6.07) is 15.9. The van der Waals surface area contributed by atoms with Gasteiger partial charge in [0, 0.05) is 54.3 Å². The Balaban J connectivity index is 1.63. The van der Waals surface area contributed by atoms with E-state index in [4.69, 9.17) is 4.74 Å². The van der Waals surface area contributed by atoms with Crippen LogP contribution < -0.4 is 4.74 Å². The monoisotopic (exact) mass is 441 g/mol. The number of sulfonamides is 1. The van der Waals surface area contributed by atoms with Gasteiger partial charge in [-0.1, -0.05) is 30.3 Å². The SMILES string of the molecule is COc1ccc2c3c([nH]c2c1)[C@H](CO)N(Cc1ccccc1)CC31CN(S(C)(=O)=O)C1. The molecule has 3 aromatic rings. The van der Waals surface area contributed by atoms with Crippen molar-refractivity contribution in [3.63, 3.8) is 0 Å². The summed E-state index contributed by atoms with van der Waals surface area (Å²) >= 11 is 0. The lowest BCUT2D eigenvalue weighted by Crippen LogP contribution is -2.67. The van der Waals surface area contributed by atoms with Crippen molar-refractivity contribution < 1.29 is 18.3 Å². The molecule has 0 bridgehead atoms. The topological polar surface area (TPSA) is 85.9 Å². The molecule has 1 aromatic heterocycles. The van der Waals surface area contributed by atoms with Crippen LogP contribution in [0, 0.1) is 0 Å².